The zero-order valence-corrected chi connectivity index (χ0v) is 18.9. The smallest absolute Gasteiger partial charge is 0.463 e. The first kappa shape index (κ1) is 24.7. The average Bonchev–Trinajstić information content (AvgIpc) is 3.50. The van der Waals surface area contributed by atoms with Crippen molar-refractivity contribution >= 4 is 35.4 Å². The van der Waals surface area contributed by atoms with Gasteiger partial charge in [-0.15, -0.1) is 16.4 Å². The molecular weight excluding hydrogens is 474 g/mol. The molecule has 180 valence electrons. The molecule has 2 aromatic rings. The van der Waals surface area contributed by atoms with Gasteiger partial charge in [-0.1, -0.05) is 6.07 Å². The number of carbonyl (C=O) groups excluding carboxylic acids is 3. The quantitative estimate of drug-likeness (QED) is 0.345. The summed E-state index contributed by atoms with van der Waals surface area (Å²) in [5.74, 6) is 2.79. The molecule has 0 aliphatic carbocycles. The minimum absolute atomic E-state index is 0.0712. The highest BCUT2D eigenvalue weighted by Crippen LogP contribution is 2.35. The fraction of sp³-hybridized carbons (Fsp3) is 0.400. The van der Waals surface area contributed by atoms with E-state index in [0.717, 1.165) is 30.5 Å². The van der Waals surface area contributed by atoms with Gasteiger partial charge in [0.25, 0.3) is 0 Å². The highest BCUT2D eigenvalue weighted by Gasteiger charge is 2.52. The molecule has 2 unspecified atom stereocenters. The van der Waals surface area contributed by atoms with Gasteiger partial charge >= 0.3 is 24.1 Å². The lowest BCUT2D eigenvalue weighted by Gasteiger charge is -2.22. The van der Waals surface area contributed by atoms with Crippen molar-refractivity contribution in [2.75, 3.05) is 13.7 Å². The zero-order valence-electron chi connectivity index (χ0n) is 18.1. The first-order valence-corrected chi connectivity index (χ1v) is 10.5. The summed E-state index contributed by atoms with van der Waals surface area (Å²) < 4.78 is 26.5. The fourth-order valence-corrected chi connectivity index (χ4v) is 3.64. The molecule has 0 saturated carbocycles. The van der Waals surface area contributed by atoms with Crippen LogP contribution >= 0.6 is 11.3 Å². The molecule has 1 N–H and O–H groups in total. The summed E-state index contributed by atoms with van der Waals surface area (Å²) in [5.41, 5.74) is 0. The molecule has 0 bridgehead atoms. The van der Waals surface area contributed by atoms with Crippen molar-refractivity contribution in [2.45, 2.75) is 38.4 Å². The van der Waals surface area contributed by atoms with Crippen LogP contribution in [0.3, 0.4) is 0 Å². The summed E-state index contributed by atoms with van der Waals surface area (Å²) in [6, 6.07) is 3.59. The predicted octanol–water partition coefficient (Wildman–Crippen LogP) is 0.981. The molecule has 34 heavy (non-hydrogen) atoms. The molecule has 14 heteroatoms. The Morgan fingerprint density at radius 1 is 1.18 bits per heavy atom. The number of esters is 3. The van der Waals surface area contributed by atoms with Gasteiger partial charge in [0, 0.05) is 13.8 Å². The number of hydrogen-bond donors (Lipinski definition) is 1. The first-order chi connectivity index (χ1) is 16.2. The minimum Gasteiger partial charge on any atom is -0.463 e. The summed E-state index contributed by atoms with van der Waals surface area (Å²) in [4.78, 5) is 51.5. The maximum Gasteiger partial charge on any atom is 0.506 e. The van der Waals surface area contributed by atoms with E-state index < -0.39 is 55.2 Å². The summed E-state index contributed by atoms with van der Waals surface area (Å²) in [6.45, 7) is 1.82. The van der Waals surface area contributed by atoms with Crippen LogP contribution in [0, 0.1) is 11.8 Å². The Balaban J connectivity index is 2.04. The molecule has 0 amide bonds. The van der Waals surface area contributed by atoms with Gasteiger partial charge in [0.15, 0.2) is 18.4 Å². The van der Waals surface area contributed by atoms with E-state index in [4.69, 9.17) is 23.7 Å². The van der Waals surface area contributed by atoms with Crippen LogP contribution in [-0.2, 0) is 33.3 Å². The van der Waals surface area contributed by atoms with Gasteiger partial charge in [0.05, 0.1) is 12.0 Å². The second-order valence-corrected chi connectivity index (χ2v) is 7.66. The van der Waals surface area contributed by atoms with E-state index in [1.165, 1.54) is 11.3 Å². The Kier molecular flexibility index (Phi) is 7.82. The van der Waals surface area contributed by atoms with E-state index in [-0.39, 0.29) is 11.6 Å². The molecule has 3 heterocycles. The summed E-state index contributed by atoms with van der Waals surface area (Å²) >= 11 is 1.39. The first-order valence-electron chi connectivity index (χ1n) is 9.65. The Labute approximate surface area is 196 Å². The van der Waals surface area contributed by atoms with Gasteiger partial charge in [-0.2, -0.15) is 4.98 Å². The van der Waals surface area contributed by atoms with Crippen molar-refractivity contribution in [2.24, 2.45) is 0 Å². The van der Waals surface area contributed by atoms with Crippen LogP contribution in [0.5, 0.6) is 0 Å². The summed E-state index contributed by atoms with van der Waals surface area (Å²) in [5, 5.41) is 15.2. The molecule has 13 nitrogen and oxygen atoms in total. The topological polar surface area (TPSA) is 165 Å². The second-order valence-electron chi connectivity index (χ2n) is 6.71. The lowest BCUT2D eigenvalue weighted by molar-refractivity contribution is -0.157. The third-order valence-electron chi connectivity index (χ3n) is 4.33. The third kappa shape index (κ3) is 5.88. The Morgan fingerprint density at radius 2 is 1.94 bits per heavy atom. The number of carbonyl (C=O) groups is 4. The predicted molar refractivity (Wildman–Crippen MR) is 111 cm³/mol. The minimum atomic E-state index is -1.69. The van der Waals surface area contributed by atoms with E-state index in [9.17, 15) is 24.3 Å². The Hall–Kier alpha value is -3.96. The highest BCUT2D eigenvalue weighted by atomic mass is 32.1. The highest BCUT2D eigenvalue weighted by molar-refractivity contribution is 7.10. The number of thiophene rings is 1. The van der Waals surface area contributed by atoms with Crippen molar-refractivity contribution in [1.82, 2.24) is 14.8 Å². The monoisotopic (exact) mass is 493 g/mol. The number of nitrogens with zero attached hydrogens (tertiary/aromatic N) is 3. The van der Waals surface area contributed by atoms with Crippen LogP contribution in [0.1, 0.15) is 41.4 Å². The van der Waals surface area contributed by atoms with Crippen LogP contribution < -0.4 is 0 Å². The van der Waals surface area contributed by atoms with Crippen molar-refractivity contribution in [3.05, 3.63) is 34.0 Å². The van der Waals surface area contributed by atoms with Gasteiger partial charge in [-0.3, -0.25) is 9.59 Å². The van der Waals surface area contributed by atoms with Crippen molar-refractivity contribution in [3.63, 3.8) is 0 Å². The molecule has 0 spiro atoms. The van der Waals surface area contributed by atoms with Crippen molar-refractivity contribution in [3.8, 4) is 11.8 Å². The van der Waals surface area contributed by atoms with Gasteiger partial charge in [-0.25, -0.2) is 14.3 Å². The molecule has 4 atom stereocenters. The third-order valence-corrected chi connectivity index (χ3v) is 5.12. The van der Waals surface area contributed by atoms with E-state index in [2.05, 4.69) is 21.9 Å². The van der Waals surface area contributed by atoms with E-state index in [1.807, 2.05) is 11.4 Å². The standard InChI is InChI=1S/C20H19N3O10S/c1-10(24)30-9-13-15(33-20(27)28)16(31-11(2)25)18(32-13)23-17(19(26)29-3)21-14(22-23)7-6-12-5-4-8-34-12/h4-5,8,13,15-16,18H,9H2,1-3H3,(H,27,28)/t13?,15-,16-,18?/m0/s1. The van der Waals surface area contributed by atoms with Crippen molar-refractivity contribution in [1.29, 1.82) is 0 Å². The second kappa shape index (κ2) is 10.8. The van der Waals surface area contributed by atoms with Crippen LogP contribution in [-0.4, -0.2) is 76.0 Å². The van der Waals surface area contributed by atoms with E-state index in [1.54, 1.807) is 6.07 Å². The van der Waals surface area contributed by atoms with Gasteiger partial charge < -0.3 is 28.8 Å². The lowest BCUT2D eigenvalue weighted by Crippen LogP contribution is -2.41. The lowest BCUT2D eigenvalue weighted by atomic mass is 10.1. The zero-order chi connectivity index (χ0) is 24.8. The number of ether oxygens (including phenoxy) is 5. The van der Waals surface area contributed by atoms with Crippen LogP contribution in [0.4, 0.5) is 4.79 Å². The molecular formula is C20H19N3O10S. The van der Waals surface area contributed by atoms with Crippen molar-refractivity contribution < 1.29 is 48.0 Å². The molecule has 3 rings (SSSR count). The average molecular weight is 493 g/mol. The maximum atomic E-state index is 12.4. The normalized spacial score (nSPS) is 21.1. The maximum absolute atomic E-state index is 12.4. The Morgan fingerprint density at radius 3 is 2.53 bits per heavy atom. The van der Waals surface area contributed by atoms with Gasteiger partial charge in [-0.05, 0) is 23.3 Å². The van der Waals surface area contributed by atoms with Crippen LogP contribution in [0.15, 0.2) is 17.5 Å². The molecule has 1 saturated heterocycles. The van der Waals surface area contributed by atoms with Gasteiger partial charge in [0.2, 0.25) is 11.6 Å². The molecule has 2 aromatic heterocycles. The number of hydrogen-bond acceptors (Lipinski definition) is 12. The summed E-state index contributed by atoms with van der Waals surface area (Å²) in [6.07, 6.45) is -7.08. The Bertz CT molecular complexity index is 1130. The van der Waals surface area contributed by atoms with Crippen LogP contribution in [0.25, 0.3) is 0 Å². The number of methoxy groups -OCH3 is 1. The molecule has 0 aromatic carbocycles. The largest absolute Gasteiger partial charge is 0.506 e. The molecule has 0 radical (unpaired) electrons. The fourth-order valence-electron chi connectivity index (χ4n) is 3.07. The summed E-state index contributed by atoms with van der Waals surface area (Å²) in [7, 11) is 1.12. The van der Waals surface area contributed by atoms with Gasteiger partial charge in [0.1, 0.15) is 12.7 Å². The number of aromatic nitrogens is 3. The molecule has 1 aliphatic rings. The SMILES string of the molecule is COC(=O)c1nc(C#Cc2cccs2)nn1C1OC(COC(C)=O)[C@H](OC(=O)O)[C@@H]1OC(C)=O. The van der Waals surface area contributed by atoms with E-state index >= 15 is 0 Å². The molecule has 1 aliphatic heterocycles. The number of rotatable bonds is 6. The van der Waals surface area contributed by atoms with Crippen LogP contribution in [0.2, 0.25) is 0 Å². The van der Waals surface area contributed by atoms with E-state index in [0.29, 0.717) is 0 Å². The molecule has 1 fully saturated rings. The number of carboxylic acid groups (broad SMARTS) is 1.